The van der Waals surface area contributed by atoms with E-state index in [1.165, 1.54) is 11.3 Å². The first kappa shape index (κ1) is 10.7. The van der Waals surface area contributed by atoms with Gasteiger partial charge in [-0.3, -0.25) is 0 Å². The Hall–Kier alpha value is -0.850. The van der Waals surface area contributed by atoms with E-state index >= 15 is 0 Å². The van der Waals surface area contributed by atoms with Gasteiger partial charge in [0.15, 0.2) is 10.8 Å². The number of nitrogens with zero attached hydrogens (tertiary/aromatic N) is 2. The highest BCUT2D eigenvalue weighted by atomic mass is 35.5. The lowest BCUT2D eigenvalue weighted by atomic mass is 10.4. The second kappa shape index (κ2) is 4.34. The highest BCUT2D eigenvalue weighted by Crippen LogP contribution is 2.30. The molecule has 0 aromatic carbocycles. The lowest BCUT2D eigenvalue weighted by Gasteiger charge is -2.25. The maximum absolute atomic E-state index is 10.7. The van der Waals surface area contributed by atoms with Crippen LogP contribution in [-0.2, 0) is 4.74 Å². The van der Waals surface area contributed by atoms with Gasteiger partial charge in [-0.25, -0.2) is 9.78 Å². The third kappa shape index (κ3) is 2.22. The predicted molar refractivity (Wildman–Crippen MR) is 57.1 cm³/mol. The highest BCUT2D eigenvalue weighted by Gasteiger charge is 2.20. The van der Waals surface area contributed by atoms with Crippen molar-refractivity contribution in [2.45, 2.75) is 0 Å². The van der Waals surface area contributed by atoms with E-state index < -0.39 is 5.97 Å². The molecule has 0 amide bonds. The van der Waals surface area contributed by atoms with Crippen LogP contribution in [0.5, 0.6) is 0 Å². The number of thiazole rings is 1. The quantitative estimate of drug-likeness (QED) is 0.856. The Bertz CT molecular complexity index is 376. The van der Waals surface area contributed by atoms with Crippen molar-refractivity contribution in [3.8, 4) is 0 Å². The molecule has 0 unspecified atom stereocenters. The number of aromatic carboxylic acids is 1. The van der Waals surface area contributed by atoms with E-state index in [4.69, 9.17) is 21.4 Å². The van der Waals surface area contributed by atoms with Crippen LogP contribution in [0.4, 0.5) is 5.13 Å². The molecule has 0 aliphatic carbocycles. The molecule has 2 heterocycles. The Morgan fingerprint density at radius 3 is 2.73 bits per heavy atom. The topological polar surface area (TPSA) is 62.7 Å². The smallest absolute Gasteiger partial charge is 0.357 e. The maximum atomic E-state index is 10.7. The molecule has 1 aliphatic heterocycles. The molecule has 1 fully saturated rings. The van der Waals surface area contributed by atoms with Crippen molar-refractivity contribution in [3.05, 3.63) is 10.0 Å². The summed E-state index contributed by atoms with van der Waals surface area (Å²) in [5, 5.41) is 9.45. The molecule has 1 aliphatic rings. The zero-order valence-corrected chi connectivity index (χ0v) is 9.35. The summed E-state index contributed by atoms with van der Waals surface area (Å²) in [7, 11) is 0. The molecule has 1 saturated heterocycles. The lowest BCUT2D eigenvalue weighted by molar-refractivity contribution is 0.0691. The molecule has 1 N–H and O–H groups in total. The maximum Gasteiger partial charge on any atom is 0.357 e. The zero-order valence-electron chi connectivity index (χ0n) is 7.77. The summed E-state index contributed by atoms with van der Waals surface area (Å²) in [4.78, 5) is 16.7. The van der Waals surface area contributed by atoms with Gasteiger partial charge in [0.25, 0.3) is 0 Å². The summed E-state index contributed by atoms with van der Waals surface area (Å²) >= 11 is 6.97. The van der Waals surface area contributed by atoms with Gasteiger partial charge in [-0.05, 0) is 0 Å². The molecule has 7 heteroatoms. The molecule has 5 nitrogen and oxygen atoms in total. The van der Waals surface area contributed by atoms with Gasteiger partial charge in [0, 0.05) is 13.1 Å². The fraction of sp³-hybridized carbons (Fsp3) is 0.500. The fourth-order valence-electron chi connectivity index (χ4n) is 1.31. The van der Waals surface area contributed by atoms with Crippen molar-refractivity contribution in [3.63, 3.8) is 0 Å². The number of carboxylic acids is 1. The number of halogens is 1. The van der Waals surface area contributed by atoms with E-state index in [9.17, 15) is 4.79 Å². The van der Waals surface area contributed by atoms with Gasteiger partial charge in [0.2, 0.25) is 0 Å². The third-order valence-corrected chi connectivity index (χ3v) is 3.37. The summed E-state index contributed by atoms with van der Waals surface area (Å²) in [5.74, 6) is -1.09. The fourth-order valence-corrected chi connectivity index (χ4v) is 2.48. The van der Waals surface area contributed by atoms with Crippen molar-refractivity contribution in [2.24, 2.45) is 0 Å². The Kier molecular flexibility index (Phi) is 3.08. The Morgan fingerprint density at radius 1 is 1.53 bits per heavy atom. The molecule has 82 valence electrons. The summed E-state index contributed by atoms with van der Waals surface area (Å²) in [6.45, 7) is 2.73. The summed E-state index contributed by atoms with van der Waals surface area (Å²) in [6.07, 6.45) is 0. The average molecular weight is 249 g/mol. The van der Waals surface area contributed by atoms with Crippen molar-refractivity contribution >= 4 is 34.0 Å². The zero-order chi connectivity index (χ0) is 10.8. The molecule has 0 radical (unpaired) electrons. The van der Waals surface area contributed by atoms with Crippen LogP contribution in [0.1, 0.15) is 10.5 Å². The Balaban J connectivity index is 2.21. The number of carbonyl (C=O) groups is 1. The van der Waals surface area contributed by atoms with E-state index in [-0.39, 0.29) is 10.0 Å². The van der Waals surface area contributed by atoms with Crippen LogP contribution in [-0.4, -0.2) is 42.4 Å². The number of carboxylic acid groups (broad SMARTS) is 1. The number of hydrogen-bond acceptors (Lipinski definition) is 5. The lowest BCUT2D eigenvalue weighted by Crippen LogP contribution is -2.36. The van der Waals surface area contributed by atoms with Gasteiger partial charge in [-0.2, -0.15) is 0 Å². The van der Waals surface area contributed by atoms with Gasteiger partial charge in [0.1, 0.15) is 4.34 Å². The minimum absolute atomic E-state index is 0.0665. The van der Waals surface area contributed by atoms with E-state index in [0.717, 1.165) is 13.1 Å². The first-order valence-corrected chi connectivity index (χ1v) is 5.60. The molecule has 15 heavy (non-hydrogen) atoms. The van der Waals surface area contributed by atoms with Crippen molar-refractivity contribution in [1.29, 1.82) is 0 Å². The van der Waals surface area contributed by atoms with Crippen LogP contribution in [0.25, 0.3) is 0 Å². The molecule has 1 aromatic rings. The second-order valence-electron chi connectivity index (χ2n) is 3.02. The minimum atomic E-state index is -1.09. The second-order valence-corrected chi connectivity index (χ2v) is 4.60. The van der Waals surface area contributed by atoms with Crippen LogP contribution in [0.3, 0.4) is 0 Å². The van der Waals surface area contributed by atoms with Gasteiger partial charge in [-0.15, -0.1) is 0 Å². The minimum Gasteiger partial charge on any atom is -0.476 e. The SMILES string of the molecule is O=C(O)c1nc(N2CCOCC2)sc1Cl. The van der Waals surface area contributed by atoms with Gasteiger partial charge in [0.05, 0.1) is 13.2 Å². The van der Waals surface area contributed by atoms with Crippen LogP contribution in [0, 0.1) is 0 Å². The normalized spacial score (nSPS) is 16.7. The molecular formula is C8H9ClN2O3S. The summed E-state index contributed by atoms with van der Waals surface area (Å²) in [6, 6.07) is 0. The van der Waals surface area contributed by atoms with Crippen LogP contribution in [0.2, 0.25) is 4.34 Å². The first-order chi connectivity index (χ1) is 7.18. The number of rotatable bonds is 2. The van der Waals surface area contributed by atoms with Crippen LogP contribution >= 0.6 is 22.9 Å². The molecule has 0 bridgehead atoms. The van der Waals surface area contributed by atoms with Crippen molar-refractivity contribution < 1.29 is 14.6 Å². The monoisotopic (exact) mass is 248 g/mol. The van der Waals surface area contributed by atoms with Gasteiger partial charge < -0.3 is 14.7 Å². The Labute approximate surface area is 95.2 Å². The number of aromatic nitrogens is 1. The van der Waals surface area contributed by atoms with E-state index in [1.54, 1.807) is 0 Å². The van der Waals surface area contributed by atoms with Gasteiger partial charge in [-0.1, -0.05) is 22.9 Å². The highest BCUT2D eigenvalue weighted by molar-refractivity contribution is 7.19. The molecule has 1 aromatic heterocycles. The number of hydrogen-bond donors (Lipinski definition) is 1. The molecule has 2 rings (SSSR count). The third-order valence-electron chi connectivity index (χ3n) is 2.06. The summed E-state index contributed by atoms with van der Waals surface area (Å²) in [5.41, 5.74) is -0.0665. The standard InChI is InChI=1S/C8H9ClN2O3S/c9-6-5(7(12)13)10-8(15-6)11-1-3-14-4-2-11/h1-4H2,(H,12,13). The van der Waals surface area contributed by atoms with E-state index in [1.807, 2.05) is 4.90 Å². The number of anilines is 1. The van der Waals surface area contributed by atoms with Crippen LogP contribution in [0.15, 0.2) is 0 Å². The summed E-state index contributed by atoms with van der Waals surface area (Å²) < 4.78 is 5.42. The predicted octanol–water partition coefficient (Wildman–Crippen LogP) is 1.33. The number of ether oxygens (including phenoxy) is 1. The molecule has 0 atom stereocenters. The van der Waals surface area contributed by atoms with Crippen LogP contribution < -0.4 is 4.90 Å². The largest absolute Gasteiger partial charge is 0.476 e. The van der Waals surface area contributed by atoms with E-state index in [2.05, 4.69) is 4.98 Å². The molecule has 0 spiro atoms. The van der Waals surface area contributed by atoms with Gasteiger partial charge >= 0.3 is 5.97 Å². The van der Waals surface area contributed by atoms with Crippen molar-refractivity contribution in [2.75, 3.05) is 31.2 Å². The van der Waals surface area contributed by atoms with Crippen molar-refractivity contribution in [1.82, 2.24) is 4.98 Å². The number of morpholine rings is 1. The Morgan fingerprint density at radius 2 is 2.20 bits per heavy atom. The average Bonchev–Trinajstić information content (AvgIpc) is 2.62. The molecule has 0 saturated carbocycles. The molecular weight excluding hydrogens is 240 g/mol. The first-order valence-electron chi connectivity index (χ1n) is 4.41. The van der Waals surface area contributed by atoms with E-state index in [0.29, 0.717) is 18.3 Å².